The minimum atomic E-state index is -0.507. The Kier molecular flexibility index (Phi) is 7.88. The molecule has 0 amide bonds. The topological polar surface area (TPSA) is 84.3 Å². The summed E-state index contributed by atoms with van der Waals surface area (Å²) >= 11 is 0. The van der Waals surface area contributed by atoms with Crippen molar-refractivity contribution in [3.05, 3.63) is 88.5 Å². The number of halogens is 1. The summed E-state index contributed by atoms with van der Waals surface area (Å²) in [7, 11) is 1.40. The van der Waals surface area contributed by atoms with Gasteiger partial charge in [0, 0.05) is 23.7 Å². The van der Waals surface area contributed by atoms with Gasteiger partial charge in [-0.3, -0.25) is 4.90 Å². The molecule has 10 heteroatoms. The molecule has 46 heavy (non-hydrogen) atoms. The summed E-state index contributed by atoms with van der Waals surface area (Å²) in [6, 6.07) is 17.1. The minimum absolute atomic E-state index is 0.155. The van der Waals surface area contributed by atoms with Crippen LogP contribution in [0.25, 0.3) is 11.0 Å². The third kappa shape index (κ3) is 5.52. The van der Waals surface area contributed by atoms with Gasteiger partial charge in [-0.2, -0.15) is 0 Å². The maximum absolute atomic E-state index is 15.3. The summed E-state index contributed by atoms with van der Waals surface area (Å²) in [5, 5.41) is 0. The third-order valence-corrected chi connectivity index (χ3v) is 9.96. The van der Waals surface area contributed by atoms with Crippen LogP contribution in [0.15, 0.2) is 54.6 Å². The molecule has 0 radical (unpaired) electrons. The highest BCUT2D eigenvalue weighted by Gasteiger charge is 2.32. The first-order valence-electron chi connectivity index (χ1n) is 16.2. The van der Waals surface area contributed by atoms with Gasteiger partial charge in [0.1, 0.15) is 18.2 Å². The number of fused-ring (bicyclic) bond motifs is 2. The zero-order valence-corrected chi connectivity index (χ0v) is 26.0. The van der Waals surface area contributed by atoms with E-state index in [0.29, 0.717) is 43.3 Å². The number of carbonyl (C=O) groups excluding carboxylic acids is 1. The summed E-state index contributed by atoms with van der Waals surface area (Å²) in [6.45, 7) is 5.55. The molecule has 4 aliphatic heterocycles. The van der Waals surface area contributed by atoms with Crippen LogP contribution in [-0.2, 0) is 27.3 Å². The third-order valence-electron chi connectivity index (χ3n) is 9.96. The van der Waals surface area contributed by atoms with Crippen molar-refractivity contribution in [1.29, 1.82) is 0 Å². The maximum atomic E-state index is 15.3. The normalized spacial score (nSPS) is 22.0. The van der Waals surface area contributed by atoms with E-state index < -0.39 is 6.10 Å². The second kappa shape index (κ2) is 12.3. The van der Waals surface area contributed by atoms with Crippen LogP contribution in [0.1, 0.15) is 70.1 Å². The average Bonchev–Trinajstić information content (AvgIpc) is 3.37. The largest absolute Gasteiger partial charge is 0.485 e. The fourth-order valence-corrected chi connectivity index (χ4v) is 7.05. The second-order valence-corrected chi connectivity index (χ2v) is 12.8. The van der Waals surface area contributed by atoms with E-state index in [0.717, 1.165) is 78.4 Å². The number of hydrogen-bond donors (Lipinski definition) is 0. The van der Waals surface area contributed by atoms with Crippen molar-refractivity contribution >= 4 is 17.0 Å². The number of carbonyl (C=O) groups is 1. The molecule has 0 saturated carbocycles. The van der Waals surface area contributed by atoms with Crippen molar-refractivity contribution in [2.75, 3.05) is 46.6 Å². The van der Waals surface area contributed by atoms with E-state index in [1.165, 1.54) is 7.11 Å². The number of methoxy groups -OCH3 is 1. The number of para-hydroxylation sites is 1. The number of rotatable bonds is 8. The van der Waals surface area contributed by atoms with Crippen LogP contribution in [0.4, 0.5) is 4.39 Å². The van der Waals surface area contributed by atoms with E-state index in [-0.39, 0.29) is 30.4 Å². The Hall–Kier alpha value is -3.99. The van der Waals surface area contributed by atoms with E-state index in [1.807, 2.05) is 36.4 Å². The van der Waals surface area contributed by atoms with E-state index in [9.17, 15) is 4.79 Å². The first kappa shape index (κ1) is 29.4. The highest BCUT2D eigenvalue weighted by atomic mass is 19.1. The standard InChI is InChI=1S/C36H38FN3O6/c1-42-36(41)24-6-8-30-31(16-24)40(17-26-11-14-44-26)34(38-30)18-39-12-9-22(10-13-39)27-3-2-4-32-35(27)46-33(21-45-32)28-7-5-23(15-29(28)37)25-19-43-20-25/h2-8,15-16,22,25-26,33H,9-14,17-21H2,1H3/t26-,33+/m0/s1. The predicted octanol–water partition coefficient (Wildman–Crippen LogP) is 5.76. The lowest BCUT2D eigenvalue weighted by molar-refractivity contribution is -0.0592. The fourth-order valence-electron chi connectivity index (χ4n) is 7.05. The lowest BCUT2D eigenvalue weighted by Crippen LogP contribution is -2.35. The van der Waals surface area contributed by atoms with Crippen LogP contribution in [0.3, 0.4) is 0 Å². The minimum Gasteiger partial charge on any atom is -0.485 e. The first-order valence-corrected chi connectivity index (χ1v) is 16.2. The van der Waals surface area contributed by atoms with Gasteiger partial charge in [-0.1, -0.05) is 24.3 Å². The van der Waals surface area contributed by atoms with Gasteiger partial charge >= 0.3 is 5.97 Å². The lowest BCUT2D eigenvalue weighted by atomic mass is 9.88. The predicted molar refractivity (Wildman–Crippen MR) is 168 cm³/mol. The second-order valence-electron chi connectivity index (χ2n) is 12.8. The van der Waals surface area contributed by atoms with Crippen LogP contribution in [0, 0.1) is 5.82 Å². The average molecular weight is 628 g/mol. The van der Waals surface area contributed by atoms with E-state index in [1.54, 1.807) is 12.1 Å². The molecule has 3 aromatic carbocycles. The molecule has 0 N–H and O–H groups in total. The summed E-state index contributed by atoms with van der Waals surface area (Å²) in [5.41, 5.74) is 4.91. The lowest BCUT2D eigenvalue weighted by Gasteiger charge is -2.35. The van der Waals surface area contributed by atoms with Crippen LogP contribution in [-0.4, -0.2) is 73.2 Å². The molecule has 0 unspecified atom stereocenters. The van der Waals surface area contributed by atoms with Gasteiger partial charge in [0.05, 0.1) is 56.1 Å². The van der Waals surface area contributed by atoms with Crippen LogP contribution in [0.2, 0.25) is 0 Å². The Morgan fingerprint density at radius 3 is 2.57 bits per heavy atom. The first-order chi connectivity index (χ1) is 22.5. The fraction of sp³-hybridized carbons (Fsp3) is 0.444. The van der Waals surface area contributed by atoms with Gasteiger partial charge < -0.3 is 28.3 Å². The summed E-state index contributed by atoms with van der Waals surface area (Å²) in [4.78, 5) is 19.7. The van der Waals surface area contributed by atoms with Gasteiger partial charge in [0.25, 0.3) is 0 Å². The van der Waals surface area contributed by atoms with Crippen molar-refractivity contribution in [1.82, 2.24) is 14.5 Å². The number of ether oxygens (including phenoxy) is 5. The van der Waals surface area contributed by atoms with E-state index >= 15 is 4.39 Å². The van der Waals surface area contributed by atoms with Crippen molar-refractivity contribution in [3.63, 3.8) is 0 Å². The summed E-state index contributed by atoms with van der Waals surface area (Å²) < 4.78 is 46.1. The molecule has 0 spiro atoms. The molecule has 0 bridgehead atoms. The smallest absolute Gasteiger partial charge is 0.337 e. The van der Waals surface area contributed by atoms with Crippen molar-refractivity contribution in [2.45, 2.75) is 56.4 Å². The molecular weight excluding hydrogens is 589 g/mol. The number of hydrogen-bond acceptors (Lipinski definition) is 8. The Morgan fingerprint density at radius 1 is 1.00 bits per heavy atom. The van der Waals surface area contributed by atoms with Gasteiger partial charge in [0.2, 0.25) is 0 Å². The van der Waals surface area contributed by atoms with Gasteiger partial charge in [0.15, 0.2) is 17.6 Å². The zero-order valence-electron chi connectivity index (χ0n) is 26.0. The van der Waals surface area contributed by atoms with Crippen LogP contribution < -0.4 is 9.47 Å². The molecule has 2 atom stereocenters. The Labute approximate surface area is 267 Å². The number of esters is 1. The monoisotopic (exact) mass is 627 g/mol. The number of aromatic nitrogens is 2. The van der Waals surface area contributed by atoms with E-state index in [2.05, 4.69) is 15.5 Å². The molecule has 240 valence electrons. The molecule has 5 heterocycles. The molecule has 4 aliphatic rings. The summed E-state index contributed by atoms with van der Waals surface area (Å²) in [5.74, 6) is 2.37. The van der Waals surface area contributed by atoms with Gasteiger partial charge in [-0.05, 0) is 74.2 Å². The summed E-state index contributed by atoms with van der Waals surface area (Å²) in [6.07, 6.45) is 2.57. The molecule has 1 aromatic heterocycles. The van der Waals surface area contributed by atoms with E-state index in [4.69, 9.17) is 28.7 Å². The van der Waals surface area contributed by atoms with Gasteiger partial charge in [-0.25, -0.2) is 14.2 Å². The number of nitrogens with zero attached hydrogens (tertiary/aromatic N) is 3. The zero-order chi connectivity index (χ0) is 31.2. The van der Waals surface area contributed by atoms with Crippen LogP contribution >= 0.6 is 0 Å². The quantitative estimate of drug-likeness (QED) is 0.228. The van der Waals surface area contributed by atoms with Gasteiger partial charge in [-0.15, -0.1) is 0 Å². The molecule has 0 aliphatic carbocycles. The molecule has 4 aromatic rings. The number of benzene rings is 3. The molecule has 3 fully saturated rings. The Balaban J connectivity index is 0.973. The molecule has 9 nitrogen and oxygen atoms in total. The molecular formula is C36H38FN3O6. The van der Waals surface area contributed by atoms with Crippen molar-refractivity contribution < 1.29 is 32.9 Å². The van der Waals surface area contributed by atoms with Crippen molar-refractivity contribution in [2.24, 2.45) is 0 Å². The van der Waals surface area contributed by atoms with Crippen molar-refractivity contribution in [3.8, 4) is 11.5 Å². The Morgan fingerprint density at radius 2 is 1.85 bits per heavy atom. The maximum Gasteiger partial charge on any atom is 0.337 e. The van der Waals surface area contributed by atoms with Crippen LogP contribution in [0.5, 0.6) is 11.5 Å². The highest BCUT2D eigenvalue weighted by Crippen LogP contribution is 2.45. The molecule has 8 rings (SSSR count). The molecule has 3 saturated heterocycles. The Bertz CT molecular complexity index is 1760. The SMILES string of the molecule is COC(=O)c1ccc2nc(CN3CCC(c4cccc5c4O[C@@H](c4ccc(C6COC6)cc4F)CO5)CC3)n(C[C@@H]3CCO3)c2c1. The number of piperidine rings is 1. The number of likely N-dealkylation sites (tertiary alicyclic amines) is 1. The highest BCUT2D eigenvalue weighted by molar-refractivity contribution is 5.93. The number of imidazole rings is 1.